The number of rotatable bonds is 2. The predicted octanol–water partition coefficient (Wildman–Crippen LogP) is 1.86. The molecule has 0 fully saturated rings. The van der Waals surface area contributed by atoms with Crippen LogP contribution in [0.4, 0.5) is 0 Å². The lowest BCUT2D eigenvalue weighted by molar-refractivity contribution is -0.123. The number of amides is 1. The third-order valence-electron chi connectivity index (χ3n) is 1.76. The van der Waals surface area contributed by atoms with Crippen LogP contribution in [0.2, 0.25) is 0 Å². The van der Waals surface area contributed by atoms with Crippen LogP contribution in [-0.4, -0.2) is 29.9 Å². The number of hydrogen-bond acceptors (Lipinski definition) is 3. The standard InChI is InChI=1S/C10H14N2OS/c1-7-9(14-8(2)11-7)5-6-10(13)12(3)4/h5-6H,1-4H3. The van der Waals surface area contributed by atoms with E-state index in [2.05, 4.69) is 4.98 Å². The number of aryl methyl sites for hydroxylation is 2. The van der Waals surface area contributed by atoms with E-state index in [1.165, 1.54) is 0 Å². The summed E-state index contributed by atoms with van der Waals surface area (Å²) in [5.74, 6) is -0.00421. The second kappa shape index (κ2) is 4.37. The highest BCUT2D eigenvalue weighted by atomic mass is 32.1. The first-order valence-corrected chi connectivity index (χ1v) is 5.15. The SMILES string of the molecule is Cc1nc(C)c(C=CC(=O)N(C)C)s1. The van der Waals surface area contributed by atoms with Crippen LogP contribution >= 0.6 is 11.3 Å². The van der Waals surface area contributed by atoms with Gasteiger partial charge in [0.25, 0.3) is 0 Å². The van der Waals surface area contributed by atoms with Crippen molar-refractivity contribution >= 4 is 23.3 Å². The topological polar surface area (TPSA) is 33.2 Å². The van der Waals surface area contributed by atoms with E-state index >= 15 is 0 Å². The zero-order valence-corrected chi connectivity index (χ0v) is 9.68. The molecule has 0 aromatic carbocycles. The summed E-state index contributed by atoms with van der Waals surface area (Å²) < 4.78 is 0. The van der Waals surface area contributed by atoms with Crippen molar-refractivity contribution in [1.29, 1.82) is 0 Å². The molecule has 1 aromatic rings. The van der Waals surface area contributed by atoms with Gasteiger partial charge in [0.1, 0.15) is 0 Å². The molecule has 0 aliphatic heterocycles. The van der Waals surface area contributed by atoms with Crippen molar-refractivity contribution in [2.24, 2.45) is 0 Å². The summed E-state index contributed by atoms with van der Waals surface area (Å²) in [5, 5.41) is 1.03. The van der Waals surface area contributed by atoms with Gasteiger partial charge in [-0.15, -0.1) is 11.3 Å². The maximum Gasteiger partial charge on any atom is 0.246 e. The van der Waals surface area contributed by atoms with E-state index < -0.39 is 0 Å². The Kier molecular flexibility index (Phi) is 3.41. The first-order chi connectivity index (χ1) is 6.50. The molecule has 0 spiro atoms. The Labute approximate surface area is 88.1 Å². The molecule has 0 atom stereocenters. The molecule has 4 heteroatoms. The number of nitrogens with zero attached hydrogens (tertiary/aromatic N) is 2. The van der Waals surface area contributed by atoms with Crippen molar-refractivity contribution in [3.05, 3.63) is 21.7 Å². The van der Waals surface area contributed by atoms with Crippen LogP contribution in [0.25, 0.3) is 6.08 Å². The summed E-state index contributed by atoms with van der Waals surface area (Å²) in [6, 6.07) is 0. The molecule has 76 valence electrons. The van der Waals surface area contributed by atoms with Gasteiger partial charge < -0.3 is 4.90 Å². The van der Waals surface area contributed by atoms with E-state index in [-0.39, 0.29) is 5.91 Å². The lowest BCUT2D eigenvalue weighted by Crippen LogP contribution is -2.18. The van der Waals surface area contributed by atoms with Gasteiger partial charge in [0, 0.05) is 20.2 Å². The molecule has 1 heterocycles. The van der Waals surface area contributed by atoms with Crippen molar-refractivity contribution in [2.75, 3.05) is 14.1 Å². The third kappa shape index (κ3) is 2.67. The molecule has 0 saturated heterocycles. The van der Waals surface area contributed by atoms with Crippen LogP contribution in [-0.2, 0) is 4.79 Å². The zero-order valence-electron chi connectivity index (χ0n) is 8.87. The van der Waals surface area contributed by atoms with Gasteiger partial charge in [0.2, 0.25) is 5.91 Å². The van der Waals surface area contributed by atoms with E-state index in [9.17, 15) is 4.79 Å². The number of carbonyl (C=O) groups is 1. The molecular formula is C10H14N2OS. The Balaban J connectivity index is 2.78. The molecule has 0 bridgehead atoms. The van der Waals surface area contributed by atoms with Crippen LogP contribution < -0.4 is 0 Å². The first kappa shape index (κ1) is 10.9. The molecular weight excluding hydrogens is 196 g/mol. The number of aromatic nitrogens is 1. The fraction of sp³-hybridized carbons (Fsp3) is 0.400. The maximum absolute atomic E-state index is 11.3. The molecule has 1 rings (SSSR count). The van der Waals surface area contributed by atoms with Crippen molar-refractivity contribution in [1.82, 2.24) is 9.88 Å². The lowest BCUT2D eigenvalue weighted by atomic mass is 10.3. The van der Waals surface area contributed by atoms with Gasteiger partial charge in [-0.05, 0) is 19.9 Å². The van der Waals surface area contributed by atoms with Crippen LogP contribution in [0.1, 0.15) is 15.6 Å². The summed E-state index contributed by atoms with van der Waals surface area (Å²) in [6.45, 7) is 3.91. The van der Waals surface area contributed by atoms with Gasteiger partial charge in [-0.25, -0.2) is 4.98 Å². The number of likely N-dealkylation sites (N-methyl/N-ethyl adjacent to an activating group) is 1. The molecule has 0 aliphatic carbocycles. The van der Waals surface area contributed by atoms with Crippen LogP contribution in [0.3, 0.4) is 0 Å². The van der Waals surface area contributed by atoms with Crippen molar-refractivity contribution in [3.8, 4) is 0 Å². The van der Waals surface area contributed by atoms with E-state index in [1.807, 2.05) is 19.9 Å². The highest BCUT2D eigenvalue weighted by molar-refractivity contribution is 7.12. The van der Waals surface area contributed by atoms with Gasteiger partial charge in [-0.2, -0.15) is 0 Å². The molecule has 0 aliphatic rings. The molecule has 3 nitrogen and oxygen atoms in total. The molecule has 0 saturated carbocycles. The Bertz CT molecular complexity index is 366. The van der Waals surface area contributed by atoms with Crippen LogP contribution in [0.15, 0.2) is 6.08 Å². The van der Waals surface area contributed by atoms with E-state index in [4.69, 9.17) is 0 Å². The largest absolute Gasteiger partial charge is 0.345 e. The molecule has 0 radical (unpaired) electrons. The highest BCUT2D eigenvalue weighted by Crippen LogP contribution is 2.18. The summed E-state index contributed by atoms with van der Waals surface area (Å²) in [5.41, 5.74) is 0.982. The summed E-state index contributed by atoms with van der Waals surface area (Å²) >= 11 is 1.60. The molecule has 14 heavy (non-hydrogen) atoms. The second-order valence-corrected chi connectivity index (χ2v) is 4.48. The van der Waals surface area contributed by atoms with Crippen molar-refractivity contribution in [2.45, 2.75) is 13.8 Å². The first-order valence-electron chi connectivity index (χ1n) is 4.34. The molecule has 0 unspecified atom stereocenters. The average molecular weight is 210 g/mol. The van der Waals surface area contributed by atoms with E-state index in [1.54, 1.807) is 36.4 Å². The summed E-state index contributed by atoms with van der Waals surface area (Å²) in [7, 11) is 3.47. The fourth-order valence-corrected chi connectivity index (χ4v) is 1.83. The van der Waals surface area contributed by atoms with Gasteiger partial charge in [-0.3, -0.25) is 4.79 Å². The quantitative estimate of drug-likeness (QED) is 0.698. The van der Waals surface area contributed by atoms with Gasteiger partial charge in [0.05, 0.1) is 15.6 Å². The van der Waals surface area contributed by atoms with Crippen molar-refractivity contribution < 1.29 is 4.79 Å². The van der Waals surface area contributed by atoms with Gasteiger partial charge in [-0.1, -0.05) is 0 Å². The third-order valence-corrected chi connectivity index (χ3v) is 2.80. The Hall–Kier alpha value is -1.16. The number of carbonyl (C=O) groups excluding carboxylic acids is 1. The second-order valence-electron chi connectivity index (χ2n) is 3.25. The smallest absolute Gasteiger partial charge is 0.246 e. The van der Waals surface area contributed by atoms with Gasteiger partial charge in [0.15, 0.2) is 0 Å². The Morgan fingerprint density at radius 2 is 2.07 bits per heavy atom. The lowest BCUT2D eigenvalue weighted by Gasteiger charge is -2.04. The Morgan fingerprint density at radius 1 is 1.43 bits per heavy atom. The predicted molar refractivity (Wildman–Crippen MR) is 59.3 cm³/mol. The minimum Gasteiger partial charge on any atom is -0.345 e. The maximum atomic E-state index is 11.3. The highest BCUT2D eigenvalue weighted by Gasteiger charge is 2.02. The molecule has 0 N–H and O–H groups in total. The number of thiazole rings is 1. The Morgan fingerprint density at radius 3 is 2.50 bits per heavy atom. The molecule has 1 aromatic heterocycles. The normalized spacial score (nSPS) is 10.9. The van der Waals surface area contributed by atoms with Crippen LogP contribution in [0.5, 0.6) is 0 Å². The minimum atomic E-state index is -0.00421. The monoisotopic (exact) mass is 210 g/mol. The average Bonchev–Trinajstić information content (AvgIpc) is 2.40. The zero-order chi connectivity index (χ0) is 10.7. The van der Waals surface area contributed by atoms with Crippen LogP contribution in [0, 0.1) is 13.8 Å². The minimum absolute atomic E-state index is 0.00421. The van der Waals surface area contributed by atoms with Crippen molar-refractivity contribution in [3.63, 3.8) is 0 Å². The van der Waals surface area contributed by atoms with Gasteiger partial charge >= 0.3 is 0 Å². The molecule has 1 amide bonds. The van der Waals surface area contributed by atoms with E-state index in [0.717, 1.165) is 15.6 Å². The van der Waals surface area contributed by atoms with E-state index in [0.29, 0.717) is 0 Å². The number of hydrogen-bond donors (Lipinski definition) is 0. The summed E-state index contributed by atoms with van der Waals surface area (Å²) in [4.78, 5) is 18.1. The fourth-order valence-electron chi connectivity index (χ4n) is 0.998. The summed E-state index contributed by atoms with van der Waals surface area (Å²) in [6.07, 6.45) is 3.39.